The molecule has 0 aromatic carbocycles. The van der Waals surface area contributed by atoms with Crippen molar-refractivity contribution in [3.05, 3.63) is 0 Å². The maximum absolute atomic E-state index is 12.1. The van der Waals surface area contributed by atoms with Crippen molar-refractivity contribution in [2.45, 2.75) is 39.2 Å². The lowest BCUT2D eigenvalue weighted by Gasteiger charge is -2.38. The monoisotopic (exact) mass is 224 g/mol. The standard InChI is InChI=1S/C12H20N2O2/c1-9(2)10(7-13)11(15)14-6-4-5-12(3,16)8-14/h9-10,16H,4-6,8H2,1-3H3. The minimum Gasteiger partial charge on any atom is -0.388 e. The third-order valence-corrected chi connectivity index (χ3v) is 3.06. The molecule has 0 bridgehead atoms. The molecule has 1 aliphatic heterocycles. The van der Waals surface area contributed by atoms with Gasteiger partial charge >= 0.3 is 0 Å². The van der Waals surface area contributed by atoms with Crippen molar-refractivity contribution in [3.8, 4) is 6.07 Å². The highest BCUT2D eigenvalue weighted by molar-refractivity contribution is 5.81. The number of nitrogens with zero attached hydrogens (tertiary/aromatic N) is 2. The highest BCUT2D eigenvalue weighted by Gasteiger charge is 2.34. The summed E-state index contributed by atoms with van der Waals surface area (Å²) in [4.78, 5) is 13.7. The Morgan fingerprint density at radius 1 is 1.56 bits per heavy atom. The first kappa shape index (κ1) is 13.0. The molecule has 2 atom stereocenters. The van der Waals surface area contributed by atoms with Gasteiger partial charge in [0.2, 0.25) is 5.91 Å². The second-order valence-electron chi connectivity index (χ2n) is 5.21. The number of likely N-dealkylation sites (tertiary alicyclic amines) is 1. The summed E-state index contributed by atoms with van der Waals surface area (Å²) in [6, 6.07) is 2.05. The quantitative estimate of drug-likeness (QED) is 0.765. The van der Waals surface area contributed by atoms with Gasteiger partial charge in [-0.15, -0.1) is 0 Å². The van der Waals surface area contributed by atoms with E-state index in [-0.39, 0.29) is 11.8 Å². The summed E-state index contributed by atoms with van der Waals surface area (Å²) in [5.74, 6) is -0.712. The summed E-state index contributed by atoms with van der Waals surface area (Å²) in [6.45, 7) is 6.47. The van der Waals surface area contributed by atoms with Crippen molar-refractivity contribution in [2.75, 3.05) is 13.1 Å². The largest absolute Gasteiger partial charge is 0.388 e. The van der Waals surface area contributed by atoms with Gasteiger partial charge in [0.05, 0.1) is 11.7 Å². The van der Waals surface area contributed by atoms with Crippen molar-refractivity contribution >= 4 is 5.91 Å². The van der Waals surface area contributed by atoms with E-state index in [1.807, 2.05) is 13.8 Å². The van der Waals surface area contributed by atoms with Crippen LogP contribution in [0.3, 0.4) is 0 Å². The first-order valence-corrected chi connectivity index (χ1v) is 5.78. The molecular formula is C12H20N2O2. The van der Waals surface area contributed by atoms with Crippen LogP contribution in [-0.4, -0.2) is 34.6 Å². The Labute approximate surface area is 96.9 Å². The fourth-order valence-electron chi connectivity index (χ4n) is 2.09. The zero-order valence-corrected chi connectivity index (χ0v) is 10.2. The smallest absolute Gasteiger partial charge is 0.240 e. The van der Waals surface area contributed by atoms with Gasteiger partial charge in [-0.3, -0.25) is 4.79 Å². The predicted molar refractivity (Wildman–Crippen MR) is 60.4 cm³/mol. The molecule has 0 saturated carbocycles. The lowest BCUT2D eigenvalue weighted by atomic mass is 9.91. The van der Waals surface area contributed by atoms with Crippen LogP contribution in [0.2, 0.25) is 0 Å². The van der Waals surface area contributed by atoms with Gasteiger partial charge in [-0.1, -0.05) is 13.8 Å². The molecular weight excluding hydrogens is 204 g/mol. The van der Waals surface area contributed by atoms with E-state index in [9.17, 15) is 9.90 Å². The maximum atomic E-state index is 12.1. The summed E-state index contributed by atoms with van der Waals surface area (Å²) < 4.78 is 0. The Bertz CT molecular complexity index is 305. The van der Waals surface area contributed by atoms with Gasteiger partial charge in [0, 0.05) is 13.1 Å². The van der Waals surface area contributed by atoms with Gasteiger partial charge in [0.15, 0.2) is 0 Å². The van der Waals surface area contributed by atoms with E-state index in [0.29, 0.717) is 13.1 Å². The van der Waals surface area contributed by atoms with Gasteiger partial charge in [0.1, 0.15) is 5.92 Å². The number of carbonyl (C=O) groups excluding carboxylic acids is 1. The molecule has 1 amide bonds. The molecule has 4 nitrogen and oxygen atoms in total. The molecule has 0 aromatic heterocycles. The summed E-state index contributed by atoms with van der Waals surface area (Å²) in [5, 5.41) is 18.9. The number of hydrogen-bond acceptors (Lipinski definition) is 3. The SMILES string of the molecule is CC(C)C(C#N)C(=O)N1CCCC(C)(O)C1. The Hall–Kier alpha value is -1.08. The lowest BCUT2D eigenvalue weighted by Crippen LogP contribution is -2.50. The fourth-order valence-corrected chi connectivity index (χ4v) is 2.09. The van der Waals surface area contributed by atoms with Crippen LogP contribution in [0.4, 0.5) is 0 Å². The average molecular weight is 224 g/mol. The van der Waals surface area contributed by atoms with Crippen molar-refractivity contribution in [2.24, 2.45) is 11.8 Å². The molecule has 0 aromatic rings. The van der Waals surface area contributed by atoms with E-state index in [2.05, 4.69) is 6.07 Å². The van der Waals surface area contributed by atoms with E-state index < -0.39 is 11.5 Å². The molecule has 1 aliphatic rings. The van der Waals surface area contributed by atoms with Gasteiger partial charge in [-0.25, -0.2) is 0 Å². The molecule has 0 spiro atoms. The van der Waals surface area contributed by atoms with Crippen LogP contribution in [0.5, 0.6) is 0 Å². The lowest BCUT2D eigenvalue weighted by molar-refractivity contribution is -0.141. The molecule has 2 unspecified atom stereocenters. The van der Waals surface area contributed by atoms with Gasteiger partial charge in [-0.2, -0.15) is 5.26 Å². The number of β-amino-alcohol motifs (C(OH)–C–C–N with tert-alkyl or cyclic N) is 1. The number of nitriles is 1. The summed E-state index contributed by atoms with van der Waals surface area (Å²) in [6.07, 6.45) is 1.52. The highest BCUT2D eigenvalue weighted by Crippen LogP contribution is 2.23. The molecule has 1 heterocycles. The molecule has 1 fully saturated rings. The number of piperidine rings is 1. The number of carbonyl (C=O) groups is 1. The van der Waals surface area contributed by atoms with E-state index >= 15 is 0 Å². The van der Waals surface area contributed by atoms with Gasteiger partial charge in [0.25, 0.3) is 0 Å². The molecule has 1 N–H and O–H groups in total. The van der Waals surface area contributed by atoms with Gasteiger partial charge < -0.3 is 10.0 Å². The number of amides is 1. The van der Waals surface area contributed by atoms with E-state index in [0.717, 1.165) is 12.8 Å². The average Bonchev–Trinajstić information content (AvgIpc) is 2.16. The van der Waals surface area contributed by atoms with Crippen LogP contribution in [0.1, 0.15) is 33.6 Å². The van der Waals surface area contributed by atoms with Crippen LogP contribution < -0.4 is 0 Å². The first-order chi connectivity index (χ1) is 7.37. The highest BCUT2D eigenvalue weighted by atomic mass is 16.3. The van der Waals surface area contributed by atoms with Crippen LogP contribution in [0.15, 0.2) is 0 Å². The van der Waals surface area contributed by atoms with E-state index in [4.69, 9.17) is 5.26 Å². The zero-order chi connectivity index (χ0) is 12.3. The summed E-state index contributed by atoms with van der Waals surface area (Å²) in [7, 11) is 0. The number of rotatable bonds is 2. The van der Waals surface area contributed by atoms with Crippen molar-refractivity contribution in [1.82, 2.24) is 4.90 Å². The zero-order valence-electron chi connectivity index (χ0n) is 10.2. The van der Waals surface area contributed by atoms with E-state index in [1.165, 1.54) is 0 Å². The number of aliphatic hydroxyl groups is 1. The van der Waals surface area contributed by atoms with Crippen molar-refractivity contribution < 1.29 is 9.90 Å². The number of hydrogen-bond donors (Lipinski definition) is 1. The molecule has 90 valence electrons. The van der Waals surface area contributed by atoms with Gasteiger partial charge in [-0.05, 0) is 25.7 Å². The third-order valence-electron chi connectivity index (χ3n) is 3.06. The predicted octanol–water partition coefficient (Wildman–Crippen LogP) is 1.16. The molecule has 4 heteroatoms. The Morgan fingerprint density at radius 2 is 2.19 bits per heavy atom. The first-order valence-electron chi connectivity index (χ1n) is 5.78. The summed E-state index contributed by atoms with van der Waals surface area (Å²) in [5.41, 5.74) is -0.801. The minimum atomic E-state index is -0.801. The molecule has 1 saturated heterocycles. The van der Waals surface area contributed by atoms with E-state index in [1.54, 1.807) is 11.8 Å². The topological polar surface area (TPSA) is 64.3 Å². The fraction of sp³-hybridized carbons (Fsp3) is 0.833. The van der Waals surface area contributed by atoms with Crippen molar-refractivity contribution in [3.63, 3.8) is 0 Å². The molecule has 1 rings (SSSR count). The molecule has 16 heavy (non-hydrogen) atoms. The molecule has 0 aliphatic carbocycles. The minimum absolute atomic E-state index is 0.0179. The Morgan fingerprint density at radius 3 is 2.62 bits per heavy atom. The van der Waals surface area contributed by atoms with Crippen LogP contribution >= 0.6 is 0 Å². The third kappa shape index (κ3) is 2.96. The van der Waals surface area contributed by atoms with Crippen LogP contribution in [-0.2, 0) is 4.79 Å². The normalized spacial score (nSPS) is 27.6. The maximum Gasteiger partial charge on any atom is 0.240 e. The second kappa shape index (κ2) is 4.84. The van der Waals surface area contributed by atoms with Crippen LogP contribution in [0.25, 0.3) is 0 Å². The Balaban J connectivity index is 2.71. The Kier molecular flexibility index (Phi) is 3.93. The van der Waals surface area contributed by atoms with Crippen molar-refractivity contribution in [1.29, 1.82) is 5.26 Å². The van der Waals surface area contributed by atoms with Crippen LogP contribution in [0, 0.1) is 23.2 Å². The summed E-state index contributed by atoms with van der Waals surface area (Å²) >= 11 is 0. The second-order valence-corrected chi connectivity index (χ2v) is 5.21. The molecule has 0 radical (unpaired) electrons.